The monoisotopic (exact) mass is 294 g/mol. The van der Waals surface area contributed by atoms with Crippen molar-refractivity contribution in [2.24, 2.45) is 0 Å². The number of H-pyrrole nitrogens is 1. The Morgan fingerprint density at radius 3 is 2.59 bits per heavy atom. The maximum Gasteiger partial charge on any atom is 0.269 e. The molecule has 0 fully saturated rings. The van der Waals surface area contributed by atoms with Gasteiger partial charge in [-0.25, -0.2) is 0 Å². The van der Waals surface area contributed by atoms with E-state index in [4.69, 9.17) is 4.74 Å². The first kappa shape index (κ1) is 14.2. The third-order valence-electron chi connectivity index (χ3n) is 3.48. The lowest BCUT2D eigenvalue weighted by Gasteiger charge is -2.07. The van der Waals surface area contributed by atoms with E-state index >= 15 is 0 Å². The lowest BCUT2D eigenvalue weighted by atomic mass is 10.2. The summed E-state index contributed by atoms with van der Waals surface area (Å²) in [5.74, 6) is 0.741. The molecule has 2 aromatic carbocycles. The molecule has 4 nitrogen and oxygen atoms in total. The molecule has 4 heteroatoms. The van der Waals surface area contributed by atoms with Crippen LogP contribution in [-0.4, -0.2) is 29.9 Å². The molecule has 112 valence electrons. The summed E-state index contributed by atoms with van der Waals surface area (Å²) in [7, 11) is 3.48. The van der Waals surface area contributed by atoms with Crippen molar-refractivity contribution in [1.82, 2.24) is 9.88 Å². The van der Waals surface area contributed by atoms with E-state index in [1.807, 2.05) is 54.6 Å². The molecule has 3 aromatic rings. The normalized spacial score (nSPS) is 10.6. The van der Waals surface area contributed by atoms with Crippen LogP contribution in [0.3, 0.4) is 0 Å². The van der Waals surface area contributed by atoms with Crippen molar-refractivity contribution in [1.29, 1.82) is 0 Å². The van der Waals surface area contributed by atoms with Crippen LogP contribution in [0.4, 0.5) is 0 Å². The number of hydrogen-bond donors (Lipinski definition) is 1. The summed E-state index contributed by atoms with van der Waals surface area (Å²) < 4.78 is 5.80. The summed E-state index contributed by atoms with van der Waals surface area (Å²) in [5.41, 5.74) is 2.61. The number of carbonyl (C=O) groups excluding carboxylic acids is 1. The third kappa shape index (κ3) is 2.96. The summed E-state index contributed by atoms with van der Waals surface area (Å²) in [4.78, 5) is 16.7. The first-order chi connectivity index (χ1) is 10.6. The van der Waals surface area contributed by atoms with Gasteiger partial charge in [-0.15, -0.1) is 0 Å². The highest BCUT2D eigenvalue weighted by Gasteiger charge is 2.11. The van der Waals surface area contributed by atoms with Gasteiger partial charge in [0.05, 0.1) is 0 Å². The van der Waals surface area contributed by atoms with Gasteiger partial charge in [0.2, 0.25) is 0 Å². The SMILES string of the molecule is CN(C)C(=O)c1cc2ccc(OCc3ccccc3)cc2[nH]1. The van der Waals surface area contributed by atoms with E-state index in [1.54, 1.807) is 19.0 Å². The van der Waals surface area contributed by atoms with Gasteiger partial charge >= 0.3 is 0 Å². The second kappa shape index (κ2) is 5.93. The van der Waals surface area contributed by atoms with E-state index in [9.17, 15) is 4.79 Å². The summed E-state index contributed by atoms with van der Waals surface area (Å²) in [6.07, 6.45) is 0. The van der Waals surface area contributed by atoms with Crippen molar-refractivity contribution >= 4 is 16.8 Å². The molecule has 1 heterocycles. The average Bonchev–Trinajstić information content (AvgIpc) is 2.96. The summed E-state index contributed by atoms with van der Waals surface area (Å²) >= 11 is 0. The fourth-order valence-electron chi connectivity index (χ4n) is 2.29. The minimum atomic E-state index is -0.0389. The van der Waals surface area contributed by atoms with Gasteiger partial charge in [-0.1, -0.05) is 30.3 Å². The van der Waals surface area contributed by atoms with E-state index in [0.29, 0.717) is 12.3 Å². The van der Waals surface area contributed by atoms with Crippen molar-refractivity contribution in [3.63, 3.8) is 0 Å². The summed E-state index contributed by atoms with van der Waals surface area (Å²) in [5, 5.41) is 0.997. The highest BCUT2D eigenvalue weighted by atomic mass is 16.5. The van der Waals surface area contributed by atoms with E-state index in [2.05, 4.69) is 4.98 Å². The Balaban J connectivity index is 1.79. The Hall–Kier alpha value is -2.75. The largest absolute Gasteiger partial charge is 0.489 e. The molecule has 0 aliphatic rings. The number of fused-ring (bicyclic) bond motifs is 1. The molecule has 0 aliphatic carbocycles. The molecule has 1 N–H and O–H groups in total. The van der Waals surface area contributed by atoms with Crippen LogP contribution in [0.5, 0.6) is 5.75 Å². The Bertz CT molecular complexity index is 791. The third-order valence-corrected chi connectivity index (χ3v) is 3.48. The number of nitrogens with zero attached hydrogens (tertiary/aromatic N) is 1. The van der Waals surface area contributed by atoms with Crippen molar-refractivity contribution in [2.45, 2.75) is 6.61 Å². The first-order valence-corrected chi connectivity index (χ1v) is 7.14. The molecule has 0 atom stereocenters. The number of amides is 1. The van der Waals surface area contributed by atoms with Crippen molar-refractivity contribution in [3.05, 3.63) is 65.9 Å². The lowest BCUT2D eigenvalue weighted by molar-refractivity contribution is 0.0823. The maximum absolute atomic E-state index is 12.0. The number of benzene rings is 2. The fraction of sp³-hybridized carbons (Fsp3) is 0.167. The van der Waals surface area contributed by atoms with Gasteiger partial charge in [0, 0.05) is 31.1 Å². The van der Waals surface area contributed by atoms with Crippen LogP contribution in [0.25, 0.3) is 10.9 Å². The highest BCUT2D eigenvalue weighted by Crippen LogP contribution is 2.22. The zero-order valence-corrected chi connectivity index (χ0v) is 12.7. The number of aromatic amines is 1. The average molecular weight is 294 g/mol. The summed E-state index contributed by atoms with van der Waals surface area (Å²) in [6.45, 7) is 0.524. The van der Waals surface area contributed by atoms with E-state index in [1.165, 1.54) is 0 Å². The Morgan fingerprint density at radius 1 is 1.09 bits per heavy atom. The van der Waals surface area contributed by atoms with Crippen LogP contribution in [0.2, 0.25) is 0 Å². The van der Waals surface area contributed by atoms with Gasteiger partial charge in [0.1, 0.15) is 18.1 Å². The van der Waals surface area contributed by atoms with Crippen LogP contribution < -0.4 is 4.74 Å². The molecule has 0 saturated carbocycles. The molecule has 1 aromatic heterocycles. The number of carbonyl (C=O) groups is 1. The predicted octanol–water partition coefficient (Wildman–Crippen LogP) is 3.45. The van der Waals surface area contributed by atoms with Gasteiger partial charge < -0.3 is 14.6 Å². The standard InChI is InChI=1S/C18H18N2O2/c1-20(2)18(21)17-10-14-8-9-15(11-16(14)19-17)22-12-13-6-4-3-5-7-13/h3-11,19H,12H2,1-2H3. The Morgan fingerprint density at radius 2 is 1.86 bits per heavy atom. The first-order valence-electron chi connectivity index (χ1n) is 7.14. The quantitative estimate of drug-likeness (QED) is 0.801. The van der Waals surface area contributed by atoms with E-state index in [0.717, 1.165) is 22.2 Å². The number of aromatic nitrogens is 1. The Kier molecular flexibility index (Phi) is 3.83. The molecule has 0 bridgehead atoms. The molecule has 0 saturated heterocycles. The molecule has 0 aliphatic heterocycles. The van der Waals surface area contributed by atoms with Crippen LogP contribution >= 0.6 is 0 Å². The highest BCUT2D eigenvalue weighted by molar-refractivity contribution is 5.98. The minimum absolute atomic E-state index is 0.0389. The van der Waals surface area contributed by atoms with E-state index < -0.39 is 0 Å². The van der Waals surface area contributed by atoms with Gasteiger partial charge in [-0.3, -0.25) is 4.79 Å². The molecule has 1 amide bonds. The number of rotatable bonds is 4. The zero-order chi connectivity index (χ0) is 15.5. The summed E-state index contributed by atoms with van der Waals surface area (Å²) in [6, 6.07) is 17.7. The lowest BCUT2D eigenvalue weighted by Crippen LogP contribution is -2.21. The topological polar surface area (TPSA) is 45.3 Å². The van der Waals surface area contributed by atoms with Crippen molar-refractivity contribution in [2.75, 3.05) is 14.1 Å². The second-order valence-electron chi connectivity index (χ2n) is 5.41. The fourth-order valence-corrected chi connectivity index (χ4v) is 2.29. The molecule has 3 rings (SSSR count). The van der Waals surface area contributed by atoms with Crippen molar-refractivity contribution < 1.29 is 9.53 Å². The van der Waals surface area contributed by atoms with Crippen LogP contribution in [0.1, 0.15) is 16.1 Å². The van der Waals surface area contributed by atoms with Crippen LogP contribution in [-0.2, 0) is 6.61 Å². The molecule has 0 spiro atoms. The predicted molar refractivity (Wildman–Crippen MR) is 87.1 cm³/mol. The molecule has 0 radical (unpaired) electrons. The van der Waals surface area contributed by atoms with Gasteiger partial charge in [-0.05, 0) is 23.8 Å². The second-order valence-corrected chi connectivity index (χ2v) is 5.41. The molecular weight excluding hydrogens is 276 g/mol. The maximum atomic E-state index is 12.0. The smallest absolute Gasteiger partial charge is 0.269 e. The van der Waals surface area contributed by atoms with Crippen molar-refractivity contribution in [3.8, 4) is 5.75 Å². The number of nitrogens with one attached hydrogen (secondary N) is 1. The molecule has 0 unspecified atom stereocenters. The van der Waals surface area contributed by atoms with Gasteiger partial charge in [0.15, 0.2) is 0 Å². The molecular formula is C18H18N2O2. The zero-order valence-electron chi connectivity index (χ0n) is 12.7. The minimum Gasteiger partial charge on any atom is -0.489 e. The Labute approximate surface area is 129 Å². The number of hydrogen-bond acceptors (Lipinski definition) is 2. The van der Waals surface area contributed by atoms with Gasteiger partial charge in [-0.2, -0.15) is 0 Å². The van der Waals surface area contributed by atoms with Crippen LogP contribution in [0, 0.1) is 0 Å². The van der Waals surface area contributed by atoms with Crippen LogP contribution in [0.15, 0.2) is 54.6 Å². The number of ether oxygens (including phenoxy) is 1. The molecule has 22 heavy (non-hydrogen) atoms. The van der Waals surface area contributed by atoms with Gasteiger partial charge in [0.25, 0.3) is 5.91 Å². The van der Waals surface area contributed by atoms with E-state index in [-0.39, 0.29) is 5.91 Å².